The van der Waals surface area contributed by atoms with Crippen LogP contribution in [-0.2, 0) is 18.6 Å². The van der Waals surface area contributed by atoms with Crippen molar-refractivity contribution < 1.29 is 18.6 Å². The van der Waals surface area contributed by atoms with Crippen LogP contribution in [-0.4, -0.2) is 20.4 Å². The normalized spacial score (nSPS) is 18.5. The molecule has 25 heavy (non-hydrogen) atoms. The predicted molar refractivity (Wildman–Crippen MR) is 104 cm³/mol. The molecule has 0 bridgehead atoms. The van der Waals surface area contributed by atoms with Crippen molar-refractivity contribution in [3.05, 3.63) is 0 Å². The van der Waals surface area contributed by atoms with Gasteiger partial charge >= 0.3 is 20.4 Å². The van der Waals surface area contributed by atoms with Crippen LogP contribution in [0.2, 0.25) is 12.6 Å². The lowest BCUT2D eigenvalue weighted by atomic mass is 9.76. The van der Waals surface area contributed by atoms with Crippen LogP contribution in [0.5, 0.6) is 0 Å². The van der Waals surface area contributed by atoms with Crippen molar-refractivity contribution in [1.82, 2.24) is 0 Å². The van der Waals surface area contributed by atoms with Crippen LogP contribution in [0, 0.1) is 0 Å². The molecule has 2 aliphatic rings. The first-order valence-corrected chi connectivity index (χ1v) is 11.0. The highest BCUT2D eigenvalue weighted by molar-refractivity contribution is 6.50. The van der Waals surface area contributed by atoms with E-state index in [1.165, 1.54) is 77.0 Å². The molecule has 0 aliphatic carbocycles. The molecule has 144 valence electrons. The molecule has 0 N–H and O–H groups in total. The second-order valence-corrected chi connectivity index (χ2v) is 7.65. The van der Waals surface area contributed by atoms with Gasteiger partial charge < -0.3 is 18.6 Å². The van der Waals surface area contributed by atoms with E-state index in [0.717, 1.165) is 25.5 Å². The molecule has 0 atom stereocenters. The fraction of sp³-hybridized carbons (Fsp3) is 1.00. The fourth-order valence-corrected chi connectivity index (χ4v) is 3.54. The molecule has 0 saturated carbocycles. The molecule has 2 aliphatic heterocycles. The molecular weight excluding hydrogens is 314 g/mol. The van der Waals surface area contributed by atoms with E-state index in [1.807, 2.05) is 0 Å². The van der Waals surface area contributed by atoms with Gasteiger partial charge in [0.25, 0.3) is 0 Å². The van der Waals surface area contributed by atoms with Gasteiger partial charge in [-0.05, 0) is 12.6 Å². The number of rotatable bonds is 16. The Morgan fingerprint density at radius 2 is 0.800 bits per heavy atom. The van der Waals surface area contributed by atoms with Crippen molar-refractivity contribution in [2.75, 3.05) is 0 Å². The van der Waals surface area contributed by atoms with Gasteiger partial charge in [-0.15, -0.1) is 0 Å². The average Bonchev–Trinajstić information content (AvgIpc) is 2.54. The van der Waals surface area contributed by atoms with E-state index in [1.54, 1.807) is 0 Å². The summed E-state index contributed by atoms with van der Waals surface area (Å²) in [4.78, 5) is 0. The van der Waals surface area contributed by atoms with Crippen LogP contribution in [0.25, 0.3) is 0 Å². The minimum Gasteiger partial charge on any atom is -0.338 e. The Morgan fingerprint density at radius 1 is 0.480 bits per heavy atom. The zero-order valence-corrected chi connectivity index (χ0v) is 16.6. The third kappa shape index (κ3) is 8.02. The summed E-state index contributed by atoms with van der Waals surface area (Å²) in [5, 5.41) is 0. The molecule has 0 radical (unpaired) electrons. The lowest BCUT2D eigenvalue weighted by molar-refractivity contribution is -0.492. The molecular formula is C19H38B2O4. The van der Waals surface area contributed by atoms with Gasteiger partial charge in [0.05, 0.1) is 0 Å². The highest BCUT2D eigenvalue weighted by Crippen LogP contribution is 2.41. The van der Waals surface area contributed by atoms with Crippen molar-refractivity contribution in [2.45, 2.75) is 123 Å². The van der Waals surface area contributed by atoms with Crippen LogP contribution >= 0.6 is 0 Å². The van der Waals surface area contributed by atoms with Crippen LogP contribution < -0.4 is 0 Å². The van der Waals surface area contributed by atoms with Gasteiger partial charge in [0, 0.05) is 0 Å². The molecule has 2 fully saturated rings. The van der Waals surface area contributed by atoms with Crippen molar-refractivity contribution in [1.29, 1.82) is 0 Å². The molecule has 0 aromatic rings. The summed E-state index contributed by atoms with van der Waals surface area (Å²) in [6, 6.07) is 0. The summed E-state index contributed by atoms with van der Waals surface area (Å²) < 4.78 is 22.6. The average molecular weight is 352 g/mol. The maximum Gasteiger partial charge on any atom is 0.468 e. The van der Waals surface area contributed by atoms with Crippen LogP contribution in [0.15, 0.2) is 0 Å². The molecule has 0 aromatic carbocycles. The molecule has 0 amide bonds. The maximum absolute atomic E-state index is 5.64. The minimum absolute atomic E-state index is 0.129. The van der Waals surface area contributed by atoms with Gasteiger partial charge in [0.2, 0.25) is 0 Å². The largest absolute Gasteiger partial charge is 0.468 e. The predicted octanol–water partition coefficient (Wildman–Crippen LogP) is 6.17. The van der Waals surface area contributed by atoms with Gasteiger partial charge in [-0.25, -0.2) is 0 Å². The second kappa shape index (κ2) is 12.4. The molecule has 2 rings (SSSR count). The molecule has 2 heterocycles. The van der Waals surface area contributed by atoms with E-state index in [2.05, 4.69) is 13.8 Å². The van der Waals surface area contributed by atoms with Crippen LogP contribution in [0.4, 0.5) is 0 Å². The van der Waals surface area contributed by atoms with Gasteiger partial charge in [-0.1, -0.05) is 104 Å². The zero-order chi connectivity index (χ0) is 17.8. The second-order valence-electron chi connectivity index (χ2n) is 7.65. The maximum atomic E-state index is 5.64. The van der Waals surface area contributed by atoms with Crippen LogP contribution in [0.3, 0.4) is 0 Å². The summed E-state index contributed by atoms with van der Waals surface area (Å²) in [5.74, 6) is 0. The molecule has 4 nitrogen and oxygen atoms in total. The Bertz CT molecular complexity index is 296. The van der Waals surface area contributed by atoms with Crippen LogP contribution in [0.1, 0.15) is 104 Å². The molecule has 0 aromatic heterocycles. The first-order chi connectivity index (χ1) is 12.3. The van der Waals surface area contributed by atoms with Gasteiger partial charge in [0.15, 0.2) is 0 Å². The summed E-state index contributed by atoms with van der Waals surface area (Å²) in [6.07, 6.45) is 19.1. The Kier molecular flexibility index (Phi) is 10.5. The topological polar surface area (TPSA) is 36.9 Å². The van der Waals surface area contributed by atoms with E-state index >= 15 is 0 Å². The van der Waals surface area contributed by atoms with E-state index in [0.29, 0.717) is 0 Å². The van der Waals surface area contributed by atoms with Crippen molar-refractivity contribution in [3.63, 3.8) is 0 Å². The summed E-state index contributed by atoms with van der Waals surface area (Å²) in [5.41, 5.74) is 0. The van der Waals surface area contributed by atoms with Crippen molar-refractivity contribution in [3.8, 4) is 0 Å². The molecule has 2 saturated heterocycles. The Labute approximate surface area is 156 Å². The monoisotopic (exact) mass is 352 g/mol. The van der Waals surface area contributed by atoms with Gasteiger partial charge in [-0.3, -0.25) is 0 Å². The first-order valence-electron chi connectivity index (χ1n) is 11.0. The lowest BCUT2D eigenvalue weighted by Crippen LogP contribution is -2.70. The third-order valence-corrected chi connectivity index (χ3v) is 5.19. The Morgan fingerprint density at radius 3 is 1.16 bits per heavy atom. The van der Waals surface area contributed by atoms with Gasteiger partial charge in [0.1, 0.15) is 0 Å². The summed E-state index contributed by atoms with van der Waals surface area (Å²) in [7, 11) is -0.259. The van der Waals surface area contributed by atoms with E-state index in [4.69, 9.17) is 18.6 Å². The molecule has 1 spiro atoms. The van der Waals surface area contributed by atoms with E-state index in [9.17, 15) is 0 Å². The zero-order valence-electron chi connectivity index (χ0n) is 16.6. The fourth-order valence-electron chi connectivity index (χ4n) is 3.54. The molecule has 0 unspecified atom stereocenters. The van der Waals surface area contributed by atoms with Gasteiger partial charge in [-0.2, -0.15) is 0 Å². The van der Waals surface area contributed by atoms with Crippen molar-refractivity contribution in [2.24, 2.45) is 0 Å². The van der Waals surface area contributed by atoms with Crippen molar-refractivity contribution >= 4 is 14.2 Å². The van der Waals surface area contributed by atoms with E-state index in [-0.39, 0.29) is 14.2 Å². The summed E-state index contributed by atoms with van der Waals surface area (Å²) in [6.45, 7) is 4.51. The number of unbranched alkanes of at least 4 members (excludes halogenated alkanes) is 12. The first kappa shape index (κ1) is 21.3. The highest BCUT2D eigenvalue weighted by Gasteiger charge is 2.62. The lowest BCUT2D eigenvalue weighted by Gasteiger charge is -2.52. The number of hydrogen-bond donors (Lipinski definition) is 0. The quantitative estimate of drug-likeness (QED) is 0.246. The SMILES string of the molecule is CCCCCCCCCB1OC2(O1)OB(CCCCCCCCC)O2. The Balaban J connectivity index is 1.34. The minimum atomic E-state index is -1.13. The standard InChI is InChI=1S/C19H38B2O4/c1-3-5-7-9-11-13-15-17-20-22-19(23-20)24-21(25-19)18-16-14-12-10-8-6-4-2/h3-18H2,1-2H3. The Hall–Kier alpha value is -0.0301. The third-order valence-electron chi connectivity index (χ3n) is 5.19. The molecule has 6 heteroatoms. The number of hydrogen-bond acceptors (Lipinski definition) is 4. The van der Waals surface area contributed by atoms with E-state index < -0.39 is 6.16 Å². The smallest absolute Gasteiger partial charge is 0.338 e. The summed E-state index contributed by atoms with van der Waals surface area (Å²) >= 11 is 0. The highest BCUT2D eigenvalue weighted by atomic mass is 17.1.